The second-order valence-corrected chi connectivity index (χ2v) is 5.27. The fourth-order valence-corrected chi connectivity index (χ4v) is 2.96. The first kappa shape index (κ1) is 17.2. The number of hydrogen-bond donors (Lipinski definition) is 2. The standard InChI is InChI=1S/C15H22FNO2.ClH/c1-19-12-9-5-8-11(16)13(12)14(17)15(18)10-6-3-2-4-7-10;/h5,8-10,14-15,18H,2-4,6-7,17H2,1H3;1H/t14-,15+;/m1./s1. The van der Waals surface area contributed by atoms with Crippen molar-refractivity contribution in [2.75, 3.05) is 7.11 Å². The first-order valence-corrected chi connectivity index (χ1v) is 6.91. The maximum absolute atomic E-state index is 13.9. The van der Waals surface area contributed by atoms with Crippen molar-refractivity contribution in [1.82, 2.24) is 0 Å². The van der Waals surface area contributed by atoms with Crippen molar-refractivity contribution in [3.05, 3.63) is 29.6 Å². The highest BCUT2D eigenvalue weighted by Crippen LogP contribution is 2.35. The zero-order valence-electron chi connectivity index (χ0n) is 11.7. The summed E-state index contributed by atoms with van der Waals surface area (Å²) in [5.74, 6) is 0.150. The van der Waals surface area contributed by atoms with Gasteiger partial charge in [0.1, 0.15) is 11.6 Å². The van der Waals surface area contributed by atoms with Gasteiger partial charge in [0.2, 0.25) is 0 Å². The van der Waals surface area contributed by atoms with Crippen LogP contribution in [0.1, 0.15) is 43.7 Å². The van der Waals surface area contributed by atoms with Gasteiger partial charge in [0.05, 0.1) is 19.3 Å². The number of halogens is 2. The lowest BCUT2D eigenvalue weighted by atomic mass is 9.81. The molecule has 20 heavy (non-hydrogen) atoms. The average molecular weight is 304 g/mol. The molecule has 1 aliphatic rings. The van der Waals surface area contributed by atoms with E-state index in [0.717, 1.165) is 25.7 Å². The summed E-state index contributed by atoms with van der Waals surface area (Å²) in [6, 6.07) is 3.87. The zero-order valence-corrected chi connectivity index (χ0v) is 12.5. The third-order valence-electron chi connectivity index (χ3n) is 4.07. The normalized spacial score (nSPS) is 19.0. The summed E-state index contributed by atoms with van der Waals surface area (Å²) in [5.41, 5.74) is 6.36. The highest BCUT2D eigenvalue weighted by Gasteiger charge is 2.30. The molecule has 114 valence electrons. The fraction of sp³-hybridized carbons (Fsp3) is 0.600. The highest BCUT2D eigenvalue weighted by molar-refractivity contribution is 5.85. The molecule has 1 aromatic carbocycles. The number of aliphatic hydroxyl groups excluding tert-OH is 1. The van der Waals surface area contributed by atoms with E-state index in [1.165, 1.54) is 19.6 Å². The van der Waals surface area contributed by atoms with E-state index in [1.54, 1.807) is 12.1 Å². The lowest BCUT2D eigenvalue weighted by Gasteiger charge is -2.31. The van der Waals surface area contributed by atoms with Crippen LogP contribution in [0, 0.1) is 11.7 Å². The Morgan fingerprint density at radius 2 is 1.95 bits per heavy atom. The molecule has 5 heteroatoms. The molecule has 0 bridgehead atoms. The lowest BCUT2D eigenvalue weighted by Crippen LogP contribution is -2.35. The van der Waals surface area contributed by atoms with E-state index >= 15 is 0 Å². The van der Waals surface area contributed by atoms with Gasteiger partial charge in [-0.1, -0.05) is 25.3 Å². The van der Waals surface area contributed by atoms with Crippen LogP contribution in [-0.4, -0.2) is 18.3 Å². The van der Waals surface area contributed by atoms with Crippen LogP contribution >= 0.6 is 12.4 Å². The molecular formula is C15H23ClFNO2. The van der Waals surface area contributed by atoms with Crippen molar-refractivity contribution in [2.24, 2.45) is 11.7 Å². The summed E-state index contributed by atoms with van der Waals surface area (Å²) >= 11 is 0. The molecule has 1 saturated carbocycles. The SMILES string of the molecule is COc1cccc(F)c1[C@@H](N)[C@@H](O)C1CCCCC1.Cl. The molecule has 0 aromatic heterocycles. The molecule has 3 nitrogen and oxygen atoms in total. The smallest absolute Gasteiger partial charge is 0.131 e. The molecular weight excluding hydrogens is 281 g/mol. The van der Waals surface area contributed by atoms with Crippen molar-refractivity contribution < 1.29 is 14.2 Å². The van der Waals surface area contributed by atoms with Crippen molar-refractivity contribution in [1.29, 1.82) is 0 Å². The van der Waals surface area contributed by atoms with Gasteiger partial charge in [-0.2, -0.15) is 0 Å². The summed E-state index contributed by atoms with van der Waals surface area (Å²) in [5, 5.41) is 10.4. The number of benzene rings is 1. The summed E-state index contributed by atoms with van der Waals surface area (Å²) in [6.07, 6.45) is 4.65. The zero-order chi connectivity index (χ0) is 13.8. The van der Waals surface area contributed by atoms with Crippen molar-refractivity contribution in [3.8, 4) is 5.75 Å². The van der Waals surface area contributed by atoms with Crippen molar-refractivity contribution in [2.45, 2.75) is 44.2 Å². The Balaban J connectivity index is 0.00000200. The topological polar surface area (TPSA) is 55.5 Å². The predicted octanol–water partition coefficient (Wildman–Crippen LogP) is 3.20. The first-order valence-electron chi connectivity index (χ1n) is 6.91. The second-order valence-electron chi connectivity index (χ2n) is 5.27. The van der Waals surface area contributed by atoms with E-state index in [4.69, 9.17) is 10.5 Å². The molecule has 1 aromatic rings. The average Bonchev–Trinajstić information content (AvgIpc) is 2.46. The molecule has 0 heterocycles. The number of rotatable bonds is 4. The summed E-state index contributed by atoms with van der Waals surface area (Å²) in [7, 11) is 1.48. The van der Waals surface area contributed by atoms with E-state index in [-0.39, 0.29) is 23.9 Å². The maximum Gasteiger partial charge on any atom is 0.131 e. The van der Waals surface area contributed by atoms with Crippen LogP contribution in [0.5, 0.6) is 5.75 Å². The Hall–Kier alpha value is -0.840. The van der Waals surface area contributed by atoms with Crippen LogP contribution < -0.4 is 10.5 Å². The monoisotopic (exact) mass is 303 g/mol. The Kier molecular flexibility index (Phi) is 6.72. The summed E-state index contributed by atoms with van der Waals surface area (Å²) in [4.78, 5) is 0. The fourth-order valence-electron chi connectivity index (χ4n) is 2.96. The molecule has 0 radical (unpaired) electrons. The minimum absolute atomic E-state index is 0. The van der Waals surface area contributed by atoms with E-state index in [0.29, 0.717) is 5.75 Å². The van der Waals surface area contributed by atoms with Gasteiger partial charge in [-0.15, -0.1) is 12.4 Å². The number of methoxy groups -OCH3 is 1. The number of ether oxygens (including phenoxy) is 1. The van der Waals surface area contributed by atoms with E-state index < -0.39 is 18.0 Å². The molecule has 0 saturated heterocycles. The minimum Gasteiger partial charge on any atom is -0.496 e. The Bertz CT molecular complexity index is 424. The van der Waals surface area contributed by atoms with E-state index in [9.17, 15) is 9.50 Å². The van der Waals surface area contributed by atoms with Gasteiger partial charge in [-0.05, 0) is 30.9 Å². The van der Waals surface area contributed by atoms with Crippen LogP contribution in [-0.2, 0) is 0 Å². The van der Waals surface area contributed by atoms with Gasteiger partial charge in [0.15, 0.2) is 0 Å². The minimum atomic E-state index is -0.737. The number of hydrogen-bond acceptors (Lipinski definition) is 3. The van der Waals surface area contributed by atoms with Gasteiger partial charge in [0.25, 0.3) is 0 Å². The highest BCUT2D eigenvalue weighted by atomic mass is 35.5. The molecule has 0 aliphatic heterocycles. The third kappa shape index (κ3) is 3.62. The van der Waals surface area contributed by atoms with Crippen LogP contribution in [0.25, 0.3) is 0 Å². The second kappa shape index (κ2) is 7.81. The molecule has 0 spiro atoms. The van der Waals surface area contributed by atoms with Gasteiger partial charge >= 0.3 is 0 Å². The molecule has 2 atom stereocenters. The molecule has 0 amide bonds. The third-order valence-corrected chi connectivity index (χ3v) is 4.07. The van der Waals surface area contributed by atoms with Gasteiger partial charge in [0, 0.05) is 5.56 Å². The van der Waals surface area contributed by atoms with Gasteiger partial charge < -0.3 is 15.6 Å². The predicted molar refractivity (Wildman–Crippen MR) is 79.7 cm³/mol. The molecule has 1 fully saturated rings. The number of aliphatic hydroxyl groups is 1. The van der Waals surface area contributed by atoms with Crippen LogP contribution in [0.2, 0.25) is 0 Å². The van der Waals surface area contributed by atoms with Gasteiger partial charge in [-0.25, -0.2) is 4.39 Å². The molecule has 1 aliphatic carbocycles. The van der Waals surface area contributed by atoms with Crippen molar-refractivity contribution in [3.63, 3.8) is 0 Å². The maximum atomic E-state index is 13.9. The Morgan fingerprint density at radius 1 is 1.30 bits per heavy atom. The van der Waals surface area contributed by atoms with Crippen LogP contribution in [0.15, 0.2) is 18.2 Å². The Morgan fingerprint density at radius 3 is 2.55 bits per heavy atom. The number of nitrogens with two attached hydrogens (primary N) is 1. The summed E-state index contributed by atoms with van der Waals surface area (Å²) < 4.78 is 19.1. The van der Waals surface area contributed by atoms with Gasteiger partial charge in [-0.3, -0.25) is 0 Å². The molecule has 3 N–H and O–H groups in total. The molecule has 2 rings (SSSR count). The quantitative estimate of drug-likeness (QED) is 0.898. The van der Waals surface area contributed by atoms with E-state index in [2.05, 4.69) is 0 Å². The van der Waals surface area contributed by atoms with Crippen LogP contribution in [0.4, 0.5) is 4.39 Å². The Labute approximate surface area is 125 Å². The lowest BCUT2D eigenvalue weighted by molar-refractivity contribution is 0.0600. The summed E-state index contributed by atoms with van der Waals surface area (Å²) in [6.45, 7) is 0. The van der Waals surface area contributed by atoms with E-state index in [1.807, 2.05) is 0 Å². The van der Waals surface area contributed by atoms with Crippen molar-refractivity contribution >= 4 is 12.4 Å². The van der Waals surface area contributed by atoms with Crippen LogP contribution in [0.3, 0.4) is 0 Å². The molecule has 0 unspecified atom stereocenters. The first-order chi connectivity index (χ1) is 9.15. The largest absolute Gasteiger partial charge is 0.496 e.